The number of nitrogen functional groups attached to an aromatic ring is 1. The zero-order chi connectivity index (χ0) is 25.6. The first kappa shape index (κ1) is 27.7. The summed E-state index contributed by atoms with van der Waals surface area (Å²) in [6.07, 6.45) is 2.58. The number of anilines is 1. The van der Waals surface area contributed by atoms with Crippen LogP contribution in [-0.2, 0) is 32.6 Å². The van der Waals surface area contributed by atoms with Crippen molar-refractivity contribution in [3.63, 3.8) is 0 Å². The Morgan fingerprint density at radius 1 is 1.40 bits per heavy atom. The molecule has 3 rings (SSSR count). The molecule has 1 aromatic heterocycles. The SMILES string of the molecule is CCCCCCOCCOC(=O)[C@H](C)N[P@]1(=O)OC[C@H]2O[C@@H](n3ccc(N)nc3=O)[C@](C)(O)[C@@H]2O1. The van der Waals surface area contributed by atoms with Crippen LogP contribution >= 0.6 is 7.75 Å². The molecule has 0 bridgehead atoms. The van der Waals surface area contributed by atoms with E-state index in [1.165, 1.54) is 26.1 Å². The lowest BCUT2D eigenvalue weighted by Gasteiger charge is -2.36. The first-order chi connectivity index (χ1) is 16.6. The fraction of sp³-hybridized carbons (Fsp3) is 0.762. The van der Waals surface area contributed by atoms with Gasteiger partial charge in [-0.2, -0.15) is 4.98 Å². The van der Waals surface area contributed by atoms with Gasteiger partial charge in [-0.25, -0.2) is 14.4 Å². The fourth-order valence-electron chi connectivity index (χ4n) is 3.91. The number of fused-ring (bicyclic) bond motifs is 1. The number of nitrogens with one attached hydrogen (secondary N) is 1. The van der Waals surface area contributed by atoms with Crippen LogP contribution in [0.25, 0.3) is 0 Å². The van der Waals surface area contributed by atoms with Crippen LogP contribution in [0.4, 0.5) is 5.82 Å². The Morgan fingerprint density at radius 2 is 2.17 bits per heavy atom. The van der Waals surface area contributed by atoms with Crippen LogP contribution in [0, 0.1) is 0 Å². The van der Waals surface area contributed by atoms with Crippen LogP contribution in [0.3, 0.4) is 0 Å². The van der Waals surface area contributed by atoms with Crippen LogP contribution < -0.4 is 16.5 Å². The number of rotatable bonds is 12. The van der Waals surface area contributed by atoms with Gasteiger partial charge in [0.2, 0.25) is 0 Å². The van der Waals surface area contributed by atoms with Crippen molar-refractivity contribution in [2.45, 2.75) is 76.5 Å². The zero-order valence-electron chi connectivity index (χ0n) is 20.3. The Kier molecular flexibility index (Phi) is 9.44. The summed E-state index contributed by atoms with van der Waals surface area (Å²) >= 11 is 0. The maximum atomic E-state index is 13.2. The number of ether oxygens (including phenoxy) is 3. The van der Waals surface area contributed by atoms with E-state index in [4.69, 9.17) is 29.0 Å². The molecule has 13 nitrogen and oxygen atoms in total. The van der Waals surface area contributed by atoms with Crippen molar-refractivity contribution in [2.75, 3.05) is 32.2 Å². The van der Waals surface area contributed by atoms with E-state index in [-0.39, 0.29) is 25.6 Å². The standard InChI is InChI=1S/C21H35N4O9P/c1-4-5-6-7-10-30-11-12-31-18(26)14(2)24-35(29)32-13-15-17(34-35)21(3,28)19(33-15)25-9-8-16(22)23-20(25)27/h8-9,14-15,17,19,28H,4-7,10-13H2,1-3H3,(H,24,29)(H2,22,23,27)/t14-,15+,17+,19+,21+,35-/m0/s1. The van der Waals surface area contributed by atoms with Gasteiger partial charge < -0.3 is 25.1 Å². The Labute approximate surface area is 203 Å². The quantitative estimate of drug-likeness (QED) is 0.205. The number of carbonyl (C=O) groups is 1. The number of nitrogens with zero attached hydrogens (tertiary/aromatic N) is 2. The largest absolute Gasteiger partial charge is 0.462 e. The summed E-state index contributed by atoms with van der Waals surface area (Å²) in [6.45, 7) is 5.70. The number of hydrogen-bond acceptors (Lipinski definition) is 11. The molecule has 2 saturated heterocycles. The van der Waals surface area contributed by atoms with Crippen LogP contribution in [0.5, 0.6) is 0 Å². The van der Waals surface area contributed by atoms with E-state index < -0.39 is 49.5 Å². The van der Waals surface area contributed by atoms with Crippen LogP contribution in [0.15, 0.2) is 17.1 Å². The minimum Gasteiger partial charge on any atom is -0.462 e. The topological polar surface area (TPSA) is 173 Å². The van der Waals surface area contributed by atoms with Crippen molar-refractivity contribution in [1.29, 1.82) is 0 Å². The lowest BCUT2D eigenvalue weighted by Crippen LogP contribution is -2.50. The number of unbranched alkanes of at least 4 members (excludes halogenated alkanes) is 3. The van der Waals surface area contributed by atoms with Crippen LogP contribution in [-0.4, -0.2) is 70.9 Å². The summed E-state index contributed by atoms with van der Waals surface area (Å²) in [5, 5.41) is 13.7. The summed E-state index contributed by atoms with van der Waals surface area (Å²) < 4.78 is 41.6. The fourth-order valence-corrected chi connectivity index (χ4v) is 5.68. The Bertz CT molecular complexity index is 972. The molecule has 35 heavy (non-hydrogen) atoms. The first-order valence-corrected chi connectivity index (χ1v) is 13.3. The van der Waals surface area contributed by atoms with E-state index in [2.05, 4.69) is 17.0 Å². The van der Waals surface area contributed by atoms with E-state index in [1.54, 1.807) is 0 Å². The molecule has 0 aliphatic carbocycles. The molecule has 6 atom stereocenters. The van der Waals surface area contributed by atoms with E-state index in [9.17, 15) is 19.3 Å². The first-order valence-electron chi connectivity index (χ1n) is 11.7. The van der Waals surface area contributed by atoms with Gasteiger partial charge in [0.05, 0.1) is 13.2 Å². The van der Waals surface area contributed by atoms with Gasteiger partial charge in [-0.15, -0.1) is 0 Å². The highest BCUT2D eigenvalue weighted by molar-refractivity contribution is 7.51. The minimum atomic E-state index is -4.02. The molecule has 0 saturated carbocycles. The van der Waals surface area contributed by atoms with Crippen molar-refractivity contribution in [2.24, 2.45) is 0 Å². The Balaban J connectivity index is 1.52. The molecule has 0 unspecified atom stereocenters. The molecule has 2 aliphatic heterocycles. The average Bonchev–Trinajstić information content (AvgIpc) is 3.05. The van der Waals surface area contributed by atoms with Crippen molar-refractivity contribution >= 4 is 19.5 Å². The van der Waals surface area contributed by atoms with Crippen molar-refractivity contribution in [1.82, 2.24) is 14.6 Å². The van der Waals surface area contributed by atoms with E-state index in [0.29, 0.717) is 6.61 Å². The predicted octanol–water partition coefficient (Wildman–Crippen LogP) is 1.12. The van der Waals surface area contributed by atoms with Gasteiger partial charge in [-0.1, -0.05) is 26.2 Å². The second kappa shape index (κ2) is 11.9. The van der Waals surface area contributed by atoms with Gasteiger partial charge in [-0.05, 0) is 26.3 Å². The highest BCUT2D eigenvalue weighted by Gasteiger charge is 2.60. The second-order valence-electron chi connectivity index (χ2n) is 8.81. The number of aliphatic hydroxyl groups is 1. The Morgan fingerprint density at radius 3 is 2.89 bits per heavy atom. The molecule has 14 heteroatoms. The summed E-state index contributed by atoms with van der Waals surface area (Å²) in [4.78, 5) is 28.2. The zero-order valence-corrected chi connectivity index (χ0v) is 21.1. The third-order valence-corrected chi connectivity index (χ3v) is 7.50. The van der Waals surface area contributed by atoms with Crippen molar-refractivity contribution in [3.8, 4) is 0 Å². The van der Waals surface area contributed by atoms with Gasteiger partial charge in [0.15, 0.2) is 6.23 Å². The maximum Gasteiger partial charge on any atom is 0.406 e. The van der Waals surface area contributed by atoms with Gasteiger partial charge >= 0.3 is 19.4 Å². The molecule has 2 fully saturated rings. The molecule has 3 heterocycles. The lowest BCUT2D eigenvalue weighted by molar-refractivity contribution is -0.147. The van der Waals surface area contributed by atoms with Gasteiger partial charge in [-0.3, -0.25) is 18.4 Å². The molecular weight excluding hydrogens is 483 g/mol. The number of carbonyl (C=O) groups excluding carboxylic acids is 1. The predicted molar refractivity (Wildman–Crippen MR) is 124 cm³/mol. The third-order valence-electron chi connectivity index (χ3n) is 5.80. The number of aromatic nitrogens is 2. The molecule has 4 N–H and O–H groups in total. The average molecular weight is 519 g/mol. The molecule has 198 valence electrons. The lowest BCUT2D eigenvalue weighted by atomic mass is 9.96. The van der Waals surface area contributed by atoms with E-state index >= 15 is 0 Å². The third kappa shape index (κ3) is 6.88. The summed E-state index contributed by atoms with van der Waals surface area (Å²) in [7, 11) is -4.02. The molecule has 0 spiro atoms. The minimum absolute atomic E-state index is 0.0222. The van der Waals surface area contributed by atoms with Crippen molar-refractivity contribution < 1.29 is 37.7 Å². The normalized spacial score (nSPS) is 31.1. The number of hydrogen-bond donors (Lipinski definition) is 3. The highest BCUT2D eigenvalue weighted by Crippen LogP contribution is 2.55. The molecule has 0 amide bonds. The van der Waals surface area contributed by atoms with Gasteiger partial charge in [0.25, 0.3) is 0 Å². The number of nitrogens with two attached hydrogens (primary N) is 1. The van der Waals surface area contributed by atoms with Crippen LogP contribution in [0.2, 0.25) is 0 Å². The summed E-state index contributed by atoms with van der Waals surface area (Å²) in [6, 6.07) is 0.367. The molecule has 0 aromatic carbocycles. The van der Waals surface area contributed by atoms with Gasteiger partial charge in [0, 0.05) is 12.8 Å². The highest BCUT2D eigenvalue weighted by atomic mass is 31.2. The Hall–Kier alpha value is -1.86. The maximum absolute atomic E-state index is 13.2. The van der Waals surface area contributed by atoms with Gasteiger partial charge in [0.1, 0.15) is 36.3 Å². The van der Waals surface area contributed by atoms with Crippen molar-refractivity contribution in [3.05, 3.63) is 22.7 Å². The summed E-state index contributed by atoms with van der Waals surface area (Å²) in [5.74, 6) is -0.634. The molecule has 1 aromatic rings. The molecule has 0 radical (unpaired) electrons. The molecule has 2 aliphatic rings. The summed E-state index contributed by atoms with van der Waals surface area (Å²) in [5.41, 5.74) is 3.03. The number of esters is 1. The van der Waals surface area contributed by atoms with Crippen LogP contribution in [0.1, 0.15) is 52.7 Å². The van der Waals surface area contributed by atoms with E-state index in [1.807, 2.05) is 0 Å². The molecular formula is C21H35N4O9P. The smallest absolute Gasteiger partial charge is 0.406 e. The van der Waals surface area contributed by atoms with E-state index in [0.717, 1.165) is 30.3 Å². The monoisotopic (exact) mass is 518 g/mol. The second-order valence-corrected chi connectivity index (χ2v) is 10.5.